The van der Waals surface area contributed by atoms with Gasteiger partial charge in [0.15, 0.2) is 23.1 Å². The molecule has 2 heterocycles. The highest BCUT2D eigenvalue weighted by Crippen LogP contribution is 2.33. The van der Waals surface area contributed by atoms with Crippen LogP contribution in [-0.4, -0.2) is 42.7 Å². The van der Waals surface area contributed by atoms with Crippen LogP contribution in [0.25, 0.3) is 22.8 Å². The summed E-state index contributed by atoms with van der Waals surface area (Å²) in [5.41, 5.74) is 8.77. The Kier molecular flexibility index (Phi) is 12.5. The van der Waals surface area contributed by atoms with Gasteiger partial charge >= 0.3 is 24.3 Å². The molecular formula is C38H24Br2F8N8O4. The first-order chi connectivity index (χ1) is 28.3. The van der Waals surface area contributed by atoms with Crippen LogP contribution in [0, 0.1) is 11.6 Å². The Balaban J connectivity index is 1.22. The van der Waals surface area contributed by atoms with Gasteiger partial charge < -0.3 is 30.3 Å². The summed E-state index contributed by atoms with van der Waals surface area (Å²) in [7, 11) is 0. The highest BCUT2D eigenvalue weighted by Gasteiger charge is 2.36. The molecule has 0 saturated heterocycles. The third-order valence-corrected chi connectivity index (χ3v) is 9.33. The van der Waals surface area contributed by atoms with E-state index in [-0.39, 0.29) is 58.4 Å². The molecule has 12 nitrogen and oxygen atoms in total. The first-order valence-electron chi connectivity index (χ1n) is 16.8. The van der Waals surface area contributed by atoms with Crippen molar-refractivity contribution in [2.24, 2.45) is 21.8 Å². The fourth-order valence-corrected chi connectivity index (χ4v) is 6.12. The Bertz CT molecular complexity index is 2640. The number of halogens is 10. The molecule has 0 bridgehead atoms. The van der Waals surface area contributed by atoms with Crippen molar-refractivity contribution < 1.29 is 54.4 Å². The van der Waals surface area contributed by atoms with Crippen LogP contribution in [0.4, 0.5) is 35.1 Å². The molecule has 0 aliphatic rings. The van der Waals surface area contributed by atoms with Crippen LogP contribution in [0.5, 0.6) is 0 Å². The van der Waals surface area contributed by atoms with Gasteiger partial charge in [0.2, 0.25) is 0 Å². The SMILES string of the molecule is N/C(=N\OC(=O)c1cc(Br)ccc1F)c1ccc(-c2nc(C(F)(F)F)cn2CCn2cc(C(F)(F)F)nc2-c2ccc(C(=O)O/N=C(\N)c3cc(Br)ccc3F)cc2)cc1. The van der Waals surface area contributed by atoms with Crippen molar-refractivity contribution in [2.45, 2.75) is 25.4 Å². The Morgan fingerprint density at radius 1 is 0.600 bits per heavy atom. The van der Waals surface area contributed by atoms with Crippen LogP contribution in [-0.2, 0) is 35.1 Å². The average Bonchev–Trinajstić information content (AvgIpc) is 3.85. The van der Waals surface area contributed by atoms with E-state index in [1.54, 1.807) is 0 Å². The van der Waals surface area contributed by atoms with Crippen LogP contribution < -0.4 is 11.5 Å². The predicted octanol–water partition coefficient (Wildman–Crippen LogP) is 8.91. The lowest BCUT2D eigenvalue weighted by atomic mass is 10.1. The van der Waals surface area contributed by atoms with Crippen molar-refractivity contribution in [1.82, 2.24) is 19.1 Å². The molecule has 0 saturated carbocycles. The highest BCUT2D eigenvalue weighted by atomic mass is 79.9. The maximum absolute atomic E-state index is 14.1. The second-order valence-corrected chi connectivity index (χ2v) is 14.2. The zero-order valence-corrected chi connectivity index (χ0v) is 33.1. The number of benzene rings is 4. The first-order valence-corrected chi connectivity index (χ1v) is 18.4. The molecule has 0 aliphatic carbocycles. The summed E-state index contributed by atoms with van der Waals surface area (Å²) in [4.78, 5) is 42.0. The van der Waals surface area contributed by atoms with Crippen molar-refractivity contribution in [3.05, 3.63) is 152 Å². The van der Waals surface area contributed by atoms with Crippen molar-refractivity contribution in [3.63, 3.8) is 0 Å². The van der Waals surface area contributed by atoms with E-state index in [2.05, 4.69) is 52.1 Å². The van der Waals surface area contributed by atoms with E-state index in [0.29, 0.717) is 21.3 Å². The molecule has 2 aromatic heterocycles. The standard InChI is InChI=1S/C38H24Br2F8N8O4/c39-23-9-11-27(41)25(15-23)32(50)54-59-35(57)22-7-5-21(6-8-22)34-52-30(38(46,47)48)18-56(34)14-13-55-17-29(37(43,44)45)51-33(55)20-3-1-19(2-4-20)31(49)53-60-36(58)26-16-24(40)10-12-28(26)42/h1-12,15-18H,13-14H2,(H2,49,53)(H2,50,54). The van der Waals surface area contributed by atoms with Gasteiger partial charge in [-0.1, -0.05) is 78.6 Å². The Hall–Kier alpha value is -6.42. The minimum absolute atomic E-state index is 0.0883. The third-order valence-electron chi connectivity index (χ3n) is 8.34. The number of aryl methyl sites for hydroxylation is 2. The number of hydrogen-bond acceptors (Lipinski definition) is 8. The average molecular weight is 968 g/mol. The number of hydrogen-bond donors (Lipinski definition) is 2. The molecule has 6 rings (SSSR count). The number of nitrogens with zero attached hydrogens (tertiary/aromatic N) is 6. The van der Waals surface area contributed by atoms with E-state index in [4.69, 9.17) is 21.1 Å². The second-order valence-electron chi connectivity index (χ2n) is 12.4. The molecule has 6 aromatic rings. The largest absolute Gasteiger partial charge is 0.434 e. The minimum atomic E-state index is -4.90. The Morgan fingerprint density at radius 2 is 1.02 bits per heavy atom. The first kappa shape index (κ1) is 43.2. The summed E-state index contributed by atoms with van der Waals surface area (Å²) in [5, 5.41) is 6.98. The lowest BCUT2D eigenvalue weighted by Crippen LogP contribution is -2.17. The molecule has 4 N–H and O–H groups in total. The summed E-state index contributed by atoms with van der Waals surface area (Å²) >= 11 is 6.28. The van der Waals surface area contributed by atoms with Crippen LogP contribution in [0.1, 0.15) is 43.2 Å². The number of alkyl halides is 6. The predicted molar refractivity (Wildman–Crippen MR) is 206 cm³/mol. The van der Waals surface area contributed by atoms with E-state index < -0.39 is 58.7 Å². The van der Waals surface area contributed by atoms with Gasteiger partial charge in [-0.05, 0) is 48.5 Å². The smallest absolute Gasteiger partial charge is 0.380 e. The van der Waals surface area contributed by atoms with Crippen LogP contribution in [0.3, 0.4) is 0 Å². The monoisotopic (exact) mass is 966 g/mol. The number of oxime groups is 2. The van der Waals surface area contributed by atoms with Gasteiger partial charge in [-0.2, -0.15) is 26.3 Å². The molecule has 0 radical (unpaired) electrons. The maximum Gasteiger partial charge on any atom is 0.434 e. The van der Waals surface area contributed by atoms with Gasteiger partial charge in [0.1, 0.15) is 23.3 Å². The summed E-state index contributed by atoms with van der Waals surface area (Å²) in [5.74, 6) is -5.04. The van der Waals surface area contributed by atoms with Crippen LogP contribution >= 0.6 is 31.9 Å². The fourth-order valence-electron chi connectivity index (χ4n) is 5.40. The van der Waals surface area contributed by atoms with E-state index >= 15 is 0 Å². The molecule has 0 spiro atoms. The number of nitrogens with two attached hydrogens (primary N) is 2. The van der Waals surface area contributed by atoms with Crippen molar-refractivity contribution in [2.75, 3.05) is 0 Å². The molecule has 4 aromatic carbocycles. The van der Waals surface area contributed by atoms with E-state index in [1.165, 1.54) is 72.8 Å². The fraction of sp³-hybridized carbons (Fsp3) is 0.105. The van der Waals surface area contributed by atoms with Crippen LogP contribution in [0.15, 0.2) is 117 Å². The van der Waals surface area contributed by atoms with E-state index in [1.807, 2.05) is 0 Å². The van der Waals surface area contributed by atoms with Gasteiger partial charge in [0.05, 0.1) is 16.7 Å². The molecular weight excluding hydrogens is 944 g/mol. The molecule has 22 heteroatoms. The number of carbonyl (C=O) groups is 2. The van der Waals surface area contributed by atoms with E-state index in [0.717, 1.165) is 21.3 Å². The van der Waals surface area contributed by atoms with Crippen LogP contribution in [0.2, 0.25) is 0 Å². The summed E-state index contributed by atoms with van der Waals surface area (Å²) in [6.45, 7) is -0.681. The molecule has 0 amide bonds. The van der Waals surface area contributed by atoms with Gasteiger partial charge in [-0.25, -0.2) is 28.3 Å². The van der Waals surface area contributed by atoms with Gasteiger partial charge in [0.25, 0.3) is 0 Å². The Labute approximate surface area is 349 Å². The normalized spacial score (nSPS) is 12.4. The van der Waals surface area contributed by atoms with Gasteiger partial charge in [-0.3, -0.25) is 0 Å². The number of rotatable bonds is 11. The maximum atomic E-state index is 14.1. The molecule has 0 atom stereocenters. The molecule has 0 fully saturated rings. The molecule has 60 heavy (non-hydrogen) atoms. The van der Waals surface area contributed by atoms with Crippen molar-refractivity contribution in [3.8, 4) is 22.8 Å². The minimum Gasteiger partial charge on any atom is -0.380 e. The lowest BCUT2D eigenvalue weighted by Gasteiger charge is -2.12. The van der Waals surface area contributed by atoms with Gasteiger partial charge in [0, 0.05) is 51.1 Å². The molecule has 0 aliphatic heterocycles. The van der Waals surface area contributed by atoms with Crippen molar-refractivity contribution >= 4 is 55.5 Å². The lowest BCUT2D eigenvalue weighted by molar-refractivity contribution is -0.141. The topological polar surface area (TPSA) is 165 Å². The summed E-state index contributed by atoms with van der Waals surface area (Å²) < 4.78 is 114. The number of imidazole rings is 2. The number of aromatic nitrogens is 4. The van der Waals surface area contributed by atoms with Crippen molar-refractivity contribution in [1.29, 1.82) is 0 Å². The summed E-state index contributed by atoms with van der Waals surface area (Å²) in [6, 6.07) is 17.7. The molecule has 310 valence electrons. The second kappa shape index (κ2) is 17.4. The highest BCUT2D eigenvalue weighted by molar-refractivity contribution is 9.10. The third kappa shape index (κ3) is 10.1. The zero-order valence-electron chi connectivity index (χ0n) is 29.9. The molecule has 0 unspecified atom stereocenters. The Morgan fingerprint density at radius 3 is 1.50 bits per heavy atom. The van der Waals surface area contributed by atoms with E-state index in [9.17, 15) is 44.7 Å². The number of carbonyl (C=O) groups excluding carboxylic acids is 2. The van der Waals surface area contributed by atoms with Gasteiger partial charge in [-0.15, -0.1) is 0 Å². The number of amidine groups is 2. The quantitative estimate of drug-likeness (QED) is 0.0427. The zero-order chi connectivity index (χ0) is 43.5. The summed E-state index contributed by atoms with van der Waals surface area (Å²) in [6.07, 6.45) is -8.42.